The van der Waals surface area contributed by atoms with Crippen LogP contribution in [0.4, 0.5) is 16.2 Å². The van der Waals surface area contributed by atoms with Crippen LogP contribution in [0.1, 0.15) is 17.0 Å². The molecule has 0 radical (unpaired) electrons. The quantitative estimate of drug-likeness (QED) is 0.803. The molecule has 0 aliphatic carbocycles. The fourth-order valence-electron chi connectivity index (χ4n) is 2.10. The van der Waals surface area contributed by atoms with Crippen LogP contribution in [-0.4, -0.2) is 10.6 Å². The fourth-order valence-corrected chi connectivity index (χ4v) is 2.10. The van der Waals surface area contributed by atoms with Crippen LogP contribution in [0.15, 0.2) is 30.3 Å². The lowest BCUT2D eigenvalue weighted by molar-refractivity contribution is 0.259. The third-order valence-electron chi connectivity index (χ3n) is 3.37. The summed E-state index contributed by atoms with van der Waals surface area (Å²) in [7, 11) is 1.87. The maximum Gasteiger partial charge on any atom is 0.316 e. The topological polar surface area (TPSA) is 95.9 Å². The first-order chi connectivity index (χ1) is 10.0. The molecule has 0 saturated heterocycles. The van der Waals surface area contributed by atoms with Crippen molar-refractivity contribution in [3.63, 3.8) is 0 Å². The molecule has 0 aliphatic rings. The smallest absolute Gasteiger partial charge is 0.316 e. The van der Waals surface area contributed by atoms with Gasteiger partial charge < -0.3 is 20.9 Å². The number of hydrogen-bond acceptors (Lipinski definition) is 3. The van der Waals surface area contributed by atoms with Gasteiger partial charge in [-0.3, -0.25) is 0 Å². The number of amides is 2. The minimum atomic E-state index is -0.593. The summed E-state index contributed by atoms with van der Waals surface area (Å²) in [6.07, 6.45) is 0. The van der Waals surface area contributed by atoms with Gasteiger partial charge in [-0.2, -0.15) is 5.26 Å². The first-order valence-electron chi connectivity index (χ1n) is 6.47. The van der Waals surface area contributed by atoms with Gasteiger partial charge in [-0.1, -0.05) is 6.07 Å². The average molecular weight is 283 g/mol. The number of carbonyl (C=O) groups excluding carboxylic acids is 1. The molecular weight excluding hydrogens is 266 g/mol. The molecule has 2 rings (SSSR count). The molecule has 0 unspecified atom stereocenters. The lowest BCUT2D eigenvalue weighted by Gasteiger charge is -2.09. The Kier molecular flexibility index (Phi) is 4.14. The molecule has 2 aromatic rings. The Bertz CT molecular complexity index is 711. The molecule has 108 valence electrons. The predicted molar refractivity (Wildman–Crippen MR) is 81.8 cm³/mol. The SMILES string of the molecule is Cc1c(CNc2cccc(NC(N)=O)c2)cc(C#N)n1C. The van der Waals surface area contributed by atoms with Gasteiger partial charge in [0.25, 0.3) is 0 Å². The first kappa shape index (κ1) is 14.5. The molecule has 0 atom stereocenters. The summed E-state index contributed by atoms with van der Waals surface area (Å²) in [6, 6.07) is 10.7. The Balaban J connectivity index is 2.10. The van der Waals surface area contributed by atoms with E-state index in [1.165, 1.54) is 0 Å². The summed E-state index contributed by atoms with van der Waals surface area (Å²) in [5.41, 5.74) is 9.33. The van der Waals surface area contributed by atoms with Gasteiger partial charge in [-0.15, -0.1) is 0 Å². The van der Waals surface area contributed by atoms with Gasteiger partial charge >= 0.3 is 6.03 Å². The van der Waals surface area contributed by atoms with E-state index in [4.69, 9.17) is 11.0 Å². The van der Waals surface area contributed by atoms with Crippen LogP contribution in [0, 0.1) is 18.3 Å². The fraction of sp³-hybridized carbons (Fsp3) is 0.200. The first-order valence-corrected chi connectivity index (χ1v) is 6.47. The Morgan fingerprint density at radius 3 is 2.71 bits per heavy atom. The normalized spacial score (nSPS) is 9.95. The highest BCUT2D eigenvalue weighted by atomic mass is 16.2. The van der Waals surface area contributed by atoms with Crippen LogP contribution in [0.5, 0.6) is 0 Å². The van der Waals surface area contributed by atoms with E-state index in [2.05, 4.69) is 16.7 Å². The number of nitrogens with one attached hydrogen (secondary N) is 2. The van der Waals surface area contributed by atoms with Crippen LogP contribution < -0.4 is 16.4 Å². The van der Waals surface area contributed by atoms with Crippen molar-refractivity contribution in [3.8, 4) is 6.07 Å². The summed E-state index contributed by atoms with van der Waals surface area (Å²) in [4.78, 5) is 10.8. The molecule has 0 saturated carbocycles. The number of nitrogens with zero attached hydrogens (tertiary/aromatic N) is 2. The van der Waals surface area contributed by atoms with E-state index in [1.54, 1.807) is 12.1 Å². The van der Waals surface area contributed by atoms with E-state index >= 15 is 0 Å². The standard InChI is InChI=1S/C15H17N5O/c1-10-11(6-14(8-16)20(10)2)9-18-12-4-3-5-13(7-12)19-15(17)21/h3-7,18H,9H2,1-2H3,(H3,17,19,21). The van der Waals surface area contributed by atoms with Crippen LogP contribution in [-0.2, 0) is 13.6 Å². The number of hydrogen-bond donors (Lipinski definition) is 3. The predicted octanol–water partition coefficient (Wildman–Crippen LogP) is 2.31. The number of rotatable bonds is 4. The van der Waals surface area contributed by atoms with Crippen molar-refractivity contribution in [2.75, 3.05) is 10.6 Å². The molecule has 1 aromatic carbocycles. The number of primary amides is 1. The lowest BCUT2D eigenvalue weighted by Crippen LogP contribution is -2.19. The maximum absolute atomic E-state index is 10.8. The monoisotopic (exact) mass is 283 g/mol. The number of carbonyl (C=O) groups is 1. The van der Waals surface area contributed by atoms with E-state index < -0.39 is 6.03 Å². The number of benzene rings is 1. The van der Waals surface area contributed by atoms with Crippen molar-refractivity contribution < 1.29 is 4.79 Å². The van der Waals surface area contributed by atoms with Crippen molar-refractivity contribution >= 4 is 17.4 Å². The average Bonchev–Trinajstić information content (AvgIpc) is 2.72. The van der Waals surface area contributed by atoms with E-state index in [1.807, 2.05) is 36.7 Å². The van der Waals surface area contributed by atoms with Gasteiger partial charge in [0, 0.05) is 30.7 Å². The van der Waals surface area contributed by atoms with Crippen LogP contribution >= 0.6 is 0 Å². The maximum atomic E-state index is 10.8. The molecule has 4 N–H and O–H groups in total. The molecule has 6 heteroatoms. The largest absolute Gasteiger partial charge is 0.381 e. The van der Waals surface area contributed by atoms with Crippen molar-refractivity contribution in [1.82, 2.24) is 4.57 Å². The summed E-state index contributed by atoms with van der Waals surface area (Å²) in [5.74, 6) is 0. The van der Waals surface area contributed by atoms with Gasteiger partial charge in [0.15, 0.2) is 0 Å². The molecule has 0 bridgehead atoms. The van der Waals surface area contributed by atoms with E-state index in [0.29, 0.717) is 17.9 Å². The summed E-state index contributed by atoms with van der Waals surface area (Å²) in [6.45, 7) is 2.57. The van der Waals surface area contributed by atoms with E-state index in [9.17, 15) is 4.79 Å². The van der Waals surface area contributed by atoms with Crippen molar-refractivity contribution in [1.29, 1.82) is 5.26 Å². The van der Waals surface area contributed by atoms with Crippen LogP contribution in [0.3, 0.4) is 0 Å². The van der Waals surface area contributed by atoms with Gasteiger partial charge in [0.1, 0.15) is 11.8 Å². The number of aromatic nitrogens is 1. The van der Waals surface area contributed by atoms with Gasteiger partial charge in [0.05, 0.1) is 0 Å². The number of nitrogens with two attached hydrogens (primary N) is 1. The molecular formula is C15H17N5O. The number of nitriles is 1. The molecule has 1 heterocycles. The highest BCUT2D eigenvalue weighted by molar-refractivity contribution is 5.88. The highest BCUT2D eigenvalue weighted by Gasteiger charge is 2.08. The molecule has 21 heavy (non-hydrogen) atoms. The third-order valence-corrected chi connectivity index (χ3v) is 3.37. The second kappa shape index (κ2) is 6.01. The molecule has 6 nitrogen and oxygen atoms in total. The Morgan fingerprint density at radius 1 is 1.38 bits per heavy atom. The molecule has 0 aliphatic heterocycles. The third kappa shape index (κ3) is 3.34. The Morgan fingerprint density at radius 2 is 2.10 bits per heavy atom. The van der Waals surface area contributed by atoms with E-state index in [0.717, 1.165) is 16.9 Å². The van der Waals surface area contributed by atoms with Crippen molar-refractivity contribution in [2.24, 2.45) is 12.8 Å². The van der Waals surface area contributed by atoms with Crippen LogP contribution in [0.2, 0.25) is 0 Å². The molecule has 1 aromatic heterocycles. The summed E-state index contributed by atoms with van der Waals surface area (Å²) >= 11 is 0. The highest BCUT2D eigenvalue weighted by Crippen LogP contribution is 2.18. The minimum absolute atomic E-state index is 0.593. The lowest BCUT2D eigenvalue weighted by atomic mass is 10.2. The molecule has 0 spiro atoms. The molecule has 0 fully saturated rings. The van der Waals surface area contributed by atoms with Crippen molar-refractivity contribution in [2.45, 2.75) is 13.5 Å². The van der Waals surface area contributed by atoms with Gasteiger partial charge in [-0.25, -0.2) is 4.79 Å². The Labute approximate surface area is 123 Å². The molecule has 2 amide bonds. The number of urea groups is 1. The van der Waals surface area contributed by atoms with Gasteiger partial charge in [0.2, 0.25) is 0 Å². The zero-order valence-corrected chi connectivity index (χ0v) is 12.0. The van der Waals surface area contributed by atoms with Gasteiger partial charge in [-0.05, 0) is 36.8 Å². The summed E-state index contributed by atoms with van der Waals surface area (Å²) < 4.78 is 1.86. The zero-order valence-electron chi connectivity index (χ0n) is 12.0. The van der Waals surface area contributed by atoms with Crippen molar-refractivity contribution in [3.05, 3.63) is 47.3 Å². The summed E-state index contributed by atoms with van der Waals surface area (Å²) in [5, 5.41) is 14.8. The van der Waals surface area contributed by atoms with E-state index in [-0.39, 0.29) is 0 Å². The second-order valence-electron chi connectivity index (χ2n) is 4.73. The second-order valence-corrected chi connectivity index (χ2v) is 4.73. The van der Waals surface area contributed by atoms with Crippen LogP contribution in [0.25, 0.3) is 0 Å². The Hall–Kier alpha value is -2.94. The minimum Gasteiger partial charge on any atom is -0.381 e. The number of anilines is 2. The zero-order chi connectivity index (χ0) is 15.4.